The van der Waals surface area contributed by atoms with Gasteiger partial charge in [0.05, 0.1) is 12.5 Å². The van der Waals surface area contributed by atoms with E-state index in [0.717, 1.165) is 11.3 Å². The van der Waals surface area contributed by atoms with Gasteiger partial charge in [0, 0.05) is 29.4 Å². The van der Waals surface area contributed by atoms with Gasteiger partial charge in [0.2, 0.25) is 0 Å². The maximum atomic E-state index is 12.4. The molecule has 1 aromatic heterocycles. The van der Waals surface area contributed by atoms with Crippen LogP contribution in [0.15, 0.2) is 66.2 Å². The monoisotopic (exact) mass is 320 g/mol. The normalized spacial score (nSPS) is 10.8. The molecule has 1 heterocycles. The van der Waals surface area contributed by atoms with E-state index in [-0.39, 0.29) is 11.7 Å². The fraction of sp³-hybridized carbons (Fsp3) is 0.0556. The summed E-state index contributed by atoms with van der Waals surface area (Å²) in [5, 5.41) is 13.6. The Bertz CT molecular complexity index is 857. The second-order valence-corrected chi connectivity index (χ2v) is 5.17. The molecule has 24 heavy (non-hydrogen) atoms. The van der Waals surface area contributed by atoms with Crippen LogP contribution in [0, 0.1) is 0 Å². The van der Waals surface area contributed by atoms with Crippen LogP contribution in [-0.2, 0) is 6.42 Å². The quantitative estimate of drug-likeness (QED) is 0.498. The van der Waals surface area contributed by atoms with E-state index in [4.69, 9.17) is 0 Å². The number of hydrogen-bond donors (Lipinski definition) is 3. The van der Waals surface area contributed by atoms with Crippen molar-refractivity contribution in [1.29, 1.82) is 0 Å². The first-order valence-electron chi connectivity index (χ1n) is 7.40. The summed E-state index contributed by atoms with van der Waals surface area (Å²) in [6.45, 7) is 0. The minimum Gasteiger partial charge on any atom is -0.507 e. The van der Waals surface area contributed by atoms with Gasteiger partial charge in [0.1, 0.15) is 5.75 Å². The number of benzene rings is 2. The number of H-pyrrole nitrogens is 1. The topological polar surface area (TPSA) is 90.4 Å². The number of carbonyl (C=O) groups excluding carboxylic acids is 1. The van der Waals surface area contributed by atoms with E-state index in [2.05, 4.69) is 20.5 Å². The second kappa shape index (κ2) is 7.23. The maximum Gasteiger partial charge on any atom is 0.271 e. The molecule has 0 spiro atoms. The predicted octanol–water partition coefficient (Wildman–Crippen LogP) is 2.47. The van der Waals surface area contributed by atoms with Crippen molar-refractivity contribution in [2.24, 2.45) is 5.10 Å². The summed E-state index contributed by atoms with van der Waals surface area (Å²) in [5.41, 5.74) is 5.36. The molecule has 0 saturated carbocycles. The number of carbonyl (C=O) groups is 1. The molecule has 120 valence electrons. The Morgan fingerprint density at radius 3 is 2.79 bits per heavy atom. The van der Waals surface area contributed by atoms with E-state index >= 15 is 0 Å². The van der Waals surface area contributed by atoms with Crippen LogP contribution in [0.25, 0.3) is 0 Å². The molecule has 3 aromatic rings. The Morgan fingerprint density at radius 1 is 1.21 bits per heavy atom. The van der Waals surface area contributed by atoms with Gasteiger partial charge >= 0.3 is 0 Å². The Kier molecular flexibility index (Phi) is 4.67. The number of imidazole rings is 1. The third-order valence-corrected chi connectivity index (χ3v) is 3.50. The highest BCUT2D eigenvalue weighted by atomic mass is 16.3. The van der Waals surface area contributed by atoms with Gasteiger partial charge in [-0.1, -0.05) is 30.3 Å². The maximum absolute atomic E-state index is 12.4. The summed E-state index contributed by atoms with van der Waals surface area (Å²) >= 11 is 0. The van der Waals surface area contributed by atoms with Crippen LogP contribution < -0.4 is 5.43 Å². The predicted molar refractivity (Wildman–Crippen MR) is 91.0 cm³/mol. The molecule has 0 saturated heterocycles. The van der Waals surface area contributed by atoms with E-state index in [0.29, 0.717) is 17.5 Å². The van der Waals surface area contributed by atoms with E-state index in [9.17, 15) is 9.90 Å². The van der Waals surface area contributed by atoms with Crippen molar-refractivity contribution in [2.75, 3.05) is 0 Å². The van der Waals surface area contributed by atoms with Gasteiger partial charge < -0.3 is 10.1 Å². The third kappa shape index (κ3) is 3.67. The molecule has 0 bridgehead atoms. The SMILES string of the molecule is O=C(N/N=C\c1ccccc1O)c1ccccc1Cc1cnc[nH]1. The number of aromatic nitrogens is 2. The molecule has 0 aliphatic heterocycles. The Balaban J connectivity index is 1.72. The molecule has 2 aromatic carbocycles. The molecule has 6 heteroatoms. The van der Waals surface area contributed by atoms with Crippen molar-refractivity contribution < 1.29 is 9.90 Å². The largest absolute Gasteiger partial charge is 0.507 e. The fourth-order valence-corrected chi connectivity index (χ4v) is 2.30. The molecule has 0 radical (unpaired) electrons. The van der Waals surface area contributed by atoms with Crippen molar-refractivity contribution in [3.8, 4) is 5.75 Å². The standard InChI is InChI=1S/C18H16N4O2/c23-17-8-4-2-6-14(17)10-21-22-18(24)16-7-3-1-5-13(16)9-15-11-19-12-20-15/h1-8,10-12,23H,9H2,(H,19,20)(H,22,24)/b21-10-. The van der Waals surface area contributed by atoms with Crippen LogP contribution in [0.2, 0.25) is 0 Å². The second-order valence-electron chi connectivity index (χ2n) is 5.17. The number of aromatic amines is 1. The zero-order valence-corrected chi connectivity index (χ0v) is 12.8. The lowest BCUT2D eigenvalue weighted by Gasteiger charge is -2.07. The molecule has 0 aliphatic carbocycles. The lowest BCUT2D eigenvalue weighted by atomic mass is 10.0. The van der Waals surface area contributed by atoms with Gasteiger partial charge in [-0.05, 0) is 23.8 Å². The molecule has 3 rings (SSSR count). The zero-order chi connectivity index (χ0) is 16.8. The Morgan fingerprint density at radius 2 is 2.00 bits per heavy atom. The molecule has 0 unspecified atom stereocenters. The summed E-state index contributed by atoms with van der Waals surface area (Å²) in [5.74, 6) is -0.202. The number of para-hydroxylation sites is 1. The van der Waals surface area contributed by atoms with Crippen molar-refractivity contribution in [3.05, 3.63) is 83.4 Å². The van der Waals surface area contributed by atoms with Gasteiger partial charge in [-0.2, -0.15) is 5.10 Å². The summed E-state index contributed by atoms with van der Waals surface area (Å²) < 4.78 is 0. The number of hydrogen-bond acceptors (Lipinski definition) is 4. The first-order valence-corrected chi connectivity index (χ1v) is 7.40. The highest BCUT2D eigenvalue weighted by Gasteiger charge is 2.11. The highest BCUT2D eigenvalue weighted by molar-refractivity contribution is 5.96. The zero-order valence-electron chi connectivity index (χ0n) is 12.8. The van der Waals surface area contributed by atoms with Crippen LogP contribution in [0.1, 0.15) is 27.2 Å². The lowest BCUT2D eigenvalue weighted by Crippen LogP contribution is -2.19. The van der Waals surface area contributed by atoms with Gasteiger partial charge in [-0.15, -0.1) is 0 Å². The van der Waals surface area contributed by atoms with Gasteiger partial charge in [0.15, 0.2) is 0 Å². The van der Waals surface area contributed by atoms with Crippen molar-refractivity contribution >= 4 is 12.1 Å². The number of hydrazone groups is 1. The first-order chi connectivity index (χ1) is 11.7. The molecule has 0 fully saturated rings. The van der Waals surface area contributed by atoms with Crippen LogP contribution in [-0.4, -0.2) is 27.2 Å². The van der Waals surface area contributed by atoms with Crippen LogP contribution in [0.5, 0.6) is 5.75 Å². The minimum atomic E-state index is -0.309. The number of aromatic hydroxyl groups is 1. The summed E-state index contributed by atoms with van der Waals surface area (Å²) in [7, 11) is 0. The van der Waals surface area contributed by atoms with E-state index in [1.807, 2.05) is 12.1 Å². The van der Waals surface area contributed by atoms with Crippen molar-refractivity contribution in [3.63, 3.8) is 0 Å². The summed E-state index contributed by atoms with van der Waals surface area (Å²) in [6.07, 6.45) is 5.32. The van der Waals surface area contributed by atoms with Gasteiger partial charge in [0.25, 0.3) is 5.91 Å². The van der Waals surface area contributed by atoms with Gasteiger partial charge in [-0.3, -0.25) is 4.79 Å². The number of amides is 1. The molecule has 0 atom stereocenters. The number of nitrogens with one attached hydrogen (secondary N) is 2. The number of phenolic OH excluding ortho intramolecular Hbond substituents is 1. The van der Waals surface area contributed by atoms with E-state index in [1.165, 1.54) is 6.21 Å². The van der Waals surface area contributed by atoms with E-state index in [1.54, 1.807) is 48.9 Å². The van der Waals surface area contributed by atoms with Crippen LogP contribution in [0.4, 0.5) is 0 Å². The lowest BCUT2D eigenvalue weighted by molar-refractivity contribution is 0.0954. The van der Waals surface area contributed by atoms with Crippen molar-refractivity contribution in [2.45, 2.75) is 6.42 Å². The third-order valence-electron chi connectivity index (χ3n) is 3.50. The van der Waals surface area contributed by atoms with Gasteiger partial charge in [-0.25, -0.2) is 10.4 Å². The fourth-order valence-electron chi connectivity index (χ4n) is 2.30. The van der Waals surface area contributed by atoms with E-state index < -0.39 is 0 Å². The highest BCUT2D eigenvalue weighted by Crippen LogP contribution is 2.14. The number of nitrogens with zero attached hydrogens (tertiary/aromatic N) is 2. The summed E-state index contributed by atoms with van der Waals surface area (Å²) in [4.78, 5) is 19.4. The number of rotatable bonds is 5. The molecule has 0 aliphatic rings. The average Bonchev–Trinajstić information content (AvgIpc) is 3.10. The van der Waals surface area contributed by atoms with Crippen molar-refractivity contribution in [1.82, 2.24) is 15.4 Å². The molecule has 1 amide bonds. The first kappa shape index (κ1) is 15.5. The molecule has 3 N–H and O–H groups in total. The Hall–Kier alpha value is -3.41. The average molecular weight is 320 g/mol. The molecular weight excluding hydrogens is 304 g/mol. The Labute approximate surface area is 138 Å². The smallest absolute Gasteiger partial charge is 0.271 e. The van der Waals surface area contributed by atoms with Crippen LogP contribution >= 0.6 is 0 Å². The summed E-state index contributed by atoms with van der Waals surface area (Å²) in [6, 6.07) is 14.1. The number of phenols is 1. The molecule has 6 nitrogen and oxygen atoms in total. The minimum absolute atomic E-state index is 0.107. The van der Waals surface area contributed by atoms with Crippen LogP contribution in [0.3, 0.4) is 0 Å². The molecular formula is C18H16N4O2.